The smallest absolute Gasteiger partial charge is 0.219 e. The van der Waals surface area contributed by atoms with E-state index < -0.39 is 23.9 Å². The third-order valence-electron chi connectivity index (χ3n) is 5.10. The van der Waals surface area contributed by atoms with E-state index in [9.17, 15) is 16.8 Å². The zero-order valence-electron chi connectivity index (χ0n) is 18.4. The van der Waals surface area contributed by atoms with Crippen molar-refractivity contribution in [2.24, 2.45) is 4.99 Å². The third kappa shape index (κ3) is 5.70. The van der Waals surface area contributed by atoms with Crippen molar-refractivity contribution in [3.8, 4) is 0 Å². The SMILES string of the molecule is O=S(=O)(C(=CN=c1ccc(Br)cn1Cc1ccccc1)S(=O)(=O)c1ccccc1)c1ccccc1. The molecule has 35 heavy (non-hydrogen) atoms. The van der Waals surface area contributed by atoms with E-state index in [2.05, 4.69) is 20.9 Å². The summed E-state index contributed by atoms with van der Waals surface area (Å²) in [4.78, 5) is 4.09. The van der Waals surface area contributed by atoms with Gasteiger partial charge in [-0.25, -0.2) is 21.8 Å². The summed E-state index contributed by atoms with van der Waals surface area (Å²) in [6, 6.07) is 28.0. The Bertz CT molecular complexity index is 1560. The number of hydrogen-bond acceptors (Lipinski definition) is 5. The highest BCUT2D eigenvalue weighted by atomic mass is 79.9. The monoisotopic (exact) mass is 568 g/mol. The minimum atomic E-state index is -4.40. The first kappa shape index (κ1) is 24.8. The van der Waals surface area contributed by atoms with E-state index >= 15 is 0 Å². The first-order valence-electron chi connectivity index (χ1n) is 10.5. The summed E-state index contributed by atoms with van der Waals surface area (Å²) in [5.74, 6) is 0. The number of aromatic nitrogens is 1. The molecular formula is C26H21BrN2O4S2. The Kier molecular flexibility index (Phi) is 7.49. The van der Waals surface area contributed by atoms with Crippen molar-refractivity contribution in [2.75, 3.05) is 0 Å². The van der Waals surface area contributed by atoms with Gasteiger partial charge < -0.3 is 4.57 Å². The molecule has 3 aromatic carbocycles. The zero-order valence-corrected chi connectivity index (χ0v) is 21.6. The molecule has 0 aliphatic rings. The van der Waals surface area contributed by atoms with E-state index in [1.165, 1.54) is 24.3 Å². The van der Waals surface area contributed by atoms with Crippen LogP contribution in [-0.4, -0.2) is 21.4 Å². The van der Waals surface area contributed by atoms with Crippen LogP contribution in [0.25, 0.3) is 0 Å². The number of sulfone groups is 2. The summed E-state index contributed by atoms with van der Waals surface area (Å²) in [7, 11) is -8.79. The first-order chi connectivity index (χ1) is 16.8. The topological polar surface area (TPSA) is 85.6 Å². The summed E-state index contributed by atoms with van der Waals surface area (Å²) in [6.07, 6.45) is 2.73. The van der Waals surface area contributed by atoms with Crippen LogP contribution in [0.3, 0.4) is 0 Å². The Morgan fingerprint density at radius 2 is 1.20 bits per heavy atom. The number of hydrogen-bond donors (Lipinski definition) is 0. The van der Waals surface area contributed by atoms with Gasteiger partial charge >= 0.3 is 0 Å². The van der Waals surface area contributed by atoms with Crippen molar-refractivity contribution in [1.29, 1.82) is 0 Å². The van der Waals surface area contributed by atoms with Crippen LogP contribution in [0.15, 0.2) is 139 Å². The summed E-state index contributed by atoms with van der Waals surface area (Å²) >= 11 is 3.44. The van der Waals surface area contributed by atoms with E-state index in [-0.39, 0.29) is 9.79 Å². The van der Waals surface area contributed by atoms with Crippen LogP contribution in [0.2, 0.25) is 0 Å². The highest BCUT2D eigenvalue weighted by molar-refractivity contribution is 9.10. The summed E-state index contributed by atoms with van der Waals surface area (Å²) in [5, 5.41) is 0. The van der Waals surface area contributed by atoms with Gasteiger partial charge in [0.25, 0.3) is 0 Å². The molecule has 0 amide bonds. The van der Waals surface area contributed by atoms with Crippen molar-refractivity contribution in [2.45, 2.75) is 16.3 Å². The van der Waals surface area contributed by atoms with Gasteiger partial charge in [0.15, 0.2) is 4.24 Å². The molecule has 4 rings (SSSR count). The molecule has 0 radical (unpaired) electrons. The molecule has 0 aliphatic heterocycles. The Morgan fingerprint density at radius 1 is 0.714 bits per heavy atom. The molecule has 9 heteroatoms. The fourth-order valence-electron chi connectivity index (χ4n) is 3.37. The van der Waals surface area contributed by atoms with Gasteiger partial charge in [-0.05, 0) is 57.9 Å². The minimum absolute atomic E-state index is 0.131. The average molecular weight is 570 g/mol. The number of pyridine rings is 1. The number of benzene rings is 3. The van der Waals surface area contributed by atoms with Crippen LogP contribution < -0.4 is 5.49 Å². The molecule has 0 unspecified atom stereocenters. The fourth-order valence-corrected chi connectivity index (χ4v) is 7.36. The molecule has 0 fully saturated rings. The maximum atomic E-state index is 13.5. The Balaban J connectivity index is 1.92. The molecule has 0 N–H and O–H groups in total. The molecule has 0 saturated heterocycles. The fraction of sp³-hybridized carbons (Fsp3) is 0.0385. The van der Waals surface area contributed by atoms with Gasteiger partial charge in [0.2, 0.25) is 19.7 Å². The highest BCUT2D eigenvalue weighted by Gasteiger charge is 2.33. The lowest BCUT2D eigenvalue weighted by Gasteiger charge is -2.11. The van der Waals surface area contributed by atoms with Gasteiger partial charge in [0.05, 0.1) is 16.0 Å². The van der Waals surface area contributed by atoms with Crippen molar-refractivity contribution in [3.63, 3.8) is 0 Å². The van der Waals surface area contributed by atoms with E-state index in [1.54, 1.807) is 59.3 Å². The molecule has 0 aliphatic carbocycles. The predicted molar refractivity (Wildman–Crippen MR) is 139 cm³/mol. The molecule has 6 nitrogen and oxygen atoms in total. The van der Waals surface area contributed by atoms with Crippen molar-refractivity contribution in [1.82, 2.24) is 4.57 Å². The second kappa shape index (κ2) is 10.6. The molecule has 178 valence electrons. The first-order valence-corrected chi connectivity index (χ1v) is 14.3. The Labute approximate surface area is 212 Å². The van der Waals surface area contributed by atoms with Crippen LogP contribution in [0.5, 0.6) is 0 Å². The van der Waals surface area contributed by atoms with Gasteiger partial charge in [-0.3, -0.25) is 0 Å². The quantitative estimate of drug-likeness (QED) is 0.316. The zero-order chi connectivity index (χ0) is 24.9. The van der Waals surface area contributed by atoms with E-state index in [4.69, 9.17) is 0 Å². The largest absolute Gasteiger partial charge is 0.327 e. The van der Waals surface area contributed by atoms with Crippen LogP contribution in [0.1, 0.15) is 5.56 Å². The molecule has 1 heterocycles. The Morgan fingerprint density at radius 3 is 1.71 bits per heavy atom. The predicted octanol–water partition coefficient (Wildman–Crippen LogP) is 4.95. The van der Waals surface area contributed by atoms with Crippen LogP contribution in [0, 0.1) is 0 Å². The van der Waals surface area contributed by atoms with Gasteiger partial charge in [-0.15, -0.1) is 0 Å². The van der Waals surface area contributed by atoms with Gasteiger partial charge in [0.1, 0.15) is 5.49 Å². The van der Waals surface area contributed by atoms with Crippen LogP contribution in [0.4, 0.5) is 0 Å². The van der Waals surface area contributed by atoms with Gasteiger partial charge in [-0.2, -0.15) is 0 Å². The van der Waals surface area contributed by atoms with Crippen molar-refractivity contribution < 1.29 is 16.8 Å². The lowest BCUT2D eigenvalue weighted by Crippen LogP contribution is -2.21. The Hall–Kier alpha value is -3.27. The third-order valence-corrected chi connectivity index (χ3v) is 9.94. The molecular weight excluding hydrogens is 548 g/mol. The second-order valence-corrected chi connectivity index (χ2v) is 12.5. The molecule has 0 saturated carbocycles. The lowest BCUT2D eigenvalue weighted by atomic mass is 10.2. The van der Waals surface area contributed by atoms with Crippen LogP contribution >= 0.6 is 15.9 Å². The maximum absolute atomic E-state index is 13.5. The maximum Gasteiger partial charge on any atom is 0.219 e. The minimum Gasteiger partial charge on any atom is -0.327 e. The lowest BCUT2D eigenvalue weighted by molar-refractivity contribution is 0.595. The number of halogens is 1. The summed E-state index contributed by atoms with van der Waals surface area (Å²) in [6.45, 7) is 0.457. The van der Waals surface area contributed by atoms with Gasteiger partial charge in [0, 0.05) is 17.2 Å². The normalized spacial score (nSPS) is 12.3. The summed E-state index contributed by atoms with van der Waals surface area (Å²) in [5.41, 5.74) is 1.39. The second-order valence-electron chi connectivity index (χ2n) is 7.53. The molecule has 0 atom stereocenters. The van der Waals surface area contributed by atoms with Crippen molar-refractivity contribution in [3.05, 3.63) is 135 Å². The van der Waals surface area contributed by atoms with Gasteiger partial charge in [-0.1, -0.05) is 66.7 Å². The molecule has 4 aromatic rings. The number of nitrogens with zero attached hydrogens (tertiary/aromatic N) is 2. The molecule has 1 aromatic heterocycles. The van der Waals surface area contributed by atoms with E-state index in [0.29, 0.717) is 12.0 Å². The molecule has 0 bridgehead atoms. The van der Waals surface area contributed by atoms with E-state index in [0.717, 1.165) is 16.2 Å². The highest BCUT2D eigenvalue weighted by Crippen LogP contribution is 2.29. The van der Waals surface area contributed by atoms with Crippen LogP contribution in [-0.2, 0) is 26.2 Å². The average Bonchev–Trinajstić information content (AvgIpc) is 2.87. The van der Waals surface area contributed by atoms with Crippen molar-refractivity contribution >= 4 is 35.6 Å². The standard InChI is InChI=1S/C26H21BrN2O4S2/c27-22-16-17-25(29(20-22)19-21-10-4-1-5-11-21)28-18-26(34(30,31)23-12-6-2-7-13-23)35(32,33)24-14-8-3-9-15-24/h1-18,20H,19H2. The summed E-state index contributed by atoms with van der Waals surface area (Å²) < 4.78 is 55.7. The number of rotatable bonds is 7. The van der Waals surface area contributed by atoms with E-state index in [1.807, 2.05) is 30.3 Å². The molecule has 0 spiro atoms.